The van der Waals surface area contributed by atoms with E-state index in [4.69, 9.17) is 0 Å². The minimum Gasteiger partial charge on any atom is -0.299 e. The fraction of sp³-hybridized carbons (Fsp3) is 0.400. The average molecular weight is 359 g/mol. The fourth-order valence-corrected chi connectivity index (χ4v) is 4.24. The molecule has 1 fully saturated rings. The monoisotopic (exact) mass is 358 g/mol. The van der Waals surface area contributed by atoms with E-state index in [-0.39, 0.29) is 0 Å². The summed E-state index contributed by atoms with van der Waals surface area (Å²) in [6.45, 7) is 3.59. The Morgan fingerprint density at radius 2 is 1.52 bits per heavy atom. The molecule has 0 bridgehead atoms. The Morgan fingerprint density at radius 3 is 2.20 bits per heavy atom. The van der Waals surface area contributed by atoms with E-state index in [0.717, 1.165) is 25.2 Å². The minimum absolute atomic E-state index is 0.336. The van der Waals surface area contributed by atoms with Crippen molar-refractivity contribution < 1.29 is 8.42 Å². The quantitative estimate of drug-likeness (QED) is 0.827. The third-order valence-electron chi connectivity index (χ3n) is 4.64. The van der Waals surface area contributed by atoms with Crippen LogP contribution in [0.5, 0.6) is 0 Å². The molecule has 1 N–H and O–H groups in total. The summed E-state index contributed by atoms with van der Waals surface area (Å²) in [5.74, 6) is 0. The van der Waals surface area contributed by atoms with Gasteiger partial charge in [-0.25, -0.2) is 13.1 Å². The molecule has 0 radical (unpaired) electrons. The molecule has 0 aliphatic carbocycles. The van der Waals surface area contributed by atoms with Gasteiger partial charge in [-0.05, 0) is 55.6 Å². The first-order valence-corrected chi connectivity index (χ1v) is 10.5. The van der Waals surface area contributed by atoms with Crippen LogP contribution in [0.1, 0.15) is 30.4 Å². The van der Waals surface area contributed by atoms with Crippen molar-refractivity contribution in [3.8, 4) is 0 Å². The Hall–Kier alpha value is -1.69. The lowest BCUT2D eigenvalue weighted by atomic mass is 10.1. The molecule has 1 saturated heterocycles. The smallest absolute Gasteiger partial charge is 0.240 e. The fourth-order valence-electron chi connectivity index (χ4n) is 3.21. The summed E-state index contributed by atoms with van der Waals surface area (Å²) in [6.07, 6.45) is 4.53. The Labute approximate surface area is 150 Å². The number of sulfonamides is 1. The molecule has 2 aromatic carbocycles. The van der Waals surface area contributed by atoms with Gasteiger partial charge in [0.05, 0.1) is 4.90 Å². The molecule has 0 aromatic heterocycles. The summed E-state index contributed by atoms with van der Waals surface area (Å²) in [5.41, 5.74) is 2.30. The Balaban J connectivity index is 1.54. The summed E-state index contributed by atoms with van der Waals surface area (Å²) in [7, 11) is -3.44. The van der Waals surface area contributed by atoms with E-state index in [1.165, 1.54) is 24.8 Å². The molecule has 134 valence electrons. The second kappa shape index (κ2) is 8.61. The van der Waals surface area contributed by atoms with Gasteiger partial charge in [-0.3, -0.25) is 4.90 Å². The van der Waals surface area contributed by atoms with Gasteiger partial charge in [0, 0.05) is 13.1 Å². The van der Waals surface area contributed by atoms with E-state index in [0.29, 0.717) is 17.9 Å². The molecule has 1 aliphatic heterocycles. The Morgan fingerprint density at radius 1 is 0.840 bits per heavy atom. The van der Waals surface area contributed by atoms with Gasteiger partial charge in [-0.2, -0.15) is 0 Å². The van der Waals surface area contributed by atoms with E-state index in [9.17, 15) is 8.42 Å². The number of hydrogen-bond donors (Lipinski definition) is 1. The van der Waals surface area contributed by atoms with Crippen molar-refractivity contribution in [3.63, 3.8) is 0 Å². The van der Waals surface area contributed by atoms with Crippen molar-refractivity contribution in [1.29, 1.82) is 0 Å². The van der Waals surface area contributed by atoms with Crippen molar-refractivity contribution in [1.82, 2.24) is 9.62 Å². The molecular formula is C20H26N2O2S. The number of nitrogens with one attached hydrogen (secondary N) is 1. The normalized spacial score (nSPS) is 16.0. The zero-order valence-corrected chi connectivity index (χ0v) is 15.3. The topological polar surface area (TPSA) is 49.4 Å². The molecule has 0 amide bonds. The lowest BCUT2D eigenvalue weighted by Crippen LogP contribution is -2.29. The number of rotatable bonds is 7. The van der Waals surface area contributed by atoms with Crippen LogP contribution in [0.25, 0.3) is 0 Å². The predicted octanol–water partition coefficient (Wildman–Crippen LogP) is 3.19. The SMILES string of the molecule is O=S(=O)(NCCc1ccccc1)c1ccc(CN2CCCCC2)cc1. The van der Waals surface area contributed by atoms with Crippen molar-refractivity contribution in [2.45, 2.75) is 37.1 Å². The molecule has 25 heavy (non-hydrogen) atoms. The van der Waals surface area contributed by atoms with Crippen LogP contribution in [-0.2, 0) is 23.0 Å². The van der Waals surface area contributed by atoms with Gasteiger partial charge in [0.1, 0.15) is 0 Å². The van der Waals surface area contributed by atoms with Gasteiger partial charge in [-0.15, -0.1) is 0 Å². The van der Waals surface area contributed by atoms with E-state index in [1.54, 1.807) is 12.1 Å². The molecule has 5 heteroatoms. The van der Waals surface area contributed by atoms with Gasteiger partial charge in [0.25, 0.3) is 0 Å². The highest BCUT2D eigenvalue weighted by molar-refractivity contribution is 7.89. The van der Waals surface area contributed by atoms with Crippen LogP contribution in [0, 0.1) is 0 Å². The number of benzene rings is 2. The van der Waals surface area contributed by atoms with Crippen molar-refractivity contribution >= 4 is 10.0 Å². The highest BCUT2D eigenvalue weighted by atomic mass is 32.2. The van der Waals surface area contributed by atoms with E-state index in [2.05, 4.69) is 9.62 Å². The summed E-state index contributed by atoms with van der Waals surface area (Å²) in [6, 6.07) is 17.2. The van der Waals surface area contributed by atoms with Crippen molar-refractivity contribution in [2.75, 3.05) is 19.6 Å². The van der Waals surface area contributed by atoms with Crippen LogP contribution < -0.4 is 4.72 Å². The summed E-state index contributed by atoms with van der Waals surface area (Å²) in [5, 5.41) is 0. The molecule has 0 unspecified atom stereocenters. The first kappa shape index (κ1) is 18.1. The molecule has 3 rings (SSSR count). The molecule has 0 spiro atoms. The lowest BCUT2D eigenvalue weighted by Gasteiger charge is -2.26. The van der Waals surface area contributed by atoms with E-state index >= 15 is 0 Å². The second-order valence-electron chi connectivity index (χ2n) is 6.61. The maximum Gasteiger partial charge on any atom is 0.240 e. The van der Waals surface area contributed by atoms with Crippen LogP contribution in [0.3, 0.4) is 0 Å². The van der Waals surface area contributed by atoms with Gasteiger partial charge in [0.2, 0.25) is 10.0 Å². The van der Waals surface area contributed by atoms with Gasteiger partial charge in [0.15, 0.2) is 0 Å². The third-order valence-corrected chi connectivity index (χ3v) is 6.11. The highest BCUT2D eigenvalue weighted by Crippen LogP contribution is 2.15. The zero-order chi connectivity index (χ0) is 17.5. The Bertz CT molecular complexity index is 752. The zero-order valence-electron chi connectivity index (χ0n) is 14.5. The van der Waals surface area contributed by atoms with Crippen molar-refractivity contribution in [3.05, 3.63) is 65.7 Å². The molecule has 2 aromatic rings. The van der Waals surface area contributed by atoms with Crippen LogP contribution in [0.4, 0.5) is 0 Å². The number of likely N-dealkylation sites (tertiary alicyclic amines) is 1. The molecular weight excluding hydrogens is 332 g/mol. The first-order valence-electron chi connectivity index (χ1n) is 8.98. The second-order valence-corrected chi connectivity index (χ2v) is 8.38. The van der Waals surface area contributed by atoms with E-state index in [1.807, 2.05) is 42.5 Å². The van der Waals surface area contributed by atoms with Gasteiger partial charge >= 0.3 is 0 Å². The minimum atomic E-state index is -3.44. The molecule has 0 saturated carbocycles. The maximum atomic E-state index is 12.4. The van der Waals surface area contributed by atoms with Crippen LogP contribution >= 0.6 is 0 Å². The van der Waals surface area contributed by atoms with E-state index < -0.39 is 10.0 Å². The standard InChI is InChI=1S/C20H26N2O2S/c23-25(24,21-14-13-18-7-3-1-4-8-18)20-11-9-19(10-12-20)17-22-15-5-2-6-16-22/h1,3-4,7-12,21H,2,5-6,13-17H2. The molecule has 4 nitrogen and oxygen atoms in total. The average Bonchev–Trinajstić information content (AvgIpc) is 2.64. The highest BCUT2D eigenvalue weighted by Gasteiger charge is 2.14. The summed E-state index contributed by atoms with van der Waals surface area (Å²) in [4.78, 5) is 2.77. The van der Waals surface area contributed by atoms with Gasteiger partial charge < -0.3 is 0 Å². The number of hydrogen-bond acceptors (Lipinski definition) is 3. The lowest BCUT2D eigenvalue weighted by molar-refractivity contribution is 0.221. The molecule has 0 atom stereocenters. The third kappa shape index (κ3) is 5.39. The summed E-state index contributed by atoms with van der Waals surface area (Å²) >= 11 is 0. The Kier molecular flexibility index (Phi) is 6.24. The first-order chi connectivity index (χ1) is 12.1. The molecule has 1 heterocycles. The largest absolute Gasteiger partial charge is 0.299 e. The maximum absolute atomic E-state index is 12.4. The predicted molar refractivity (Wildman–Crippen MR) is 101 cm³/mol. The molecule has 1 aliphatic rings. The van der Waals surface area contributed by atoms with Crippen LogP contribution in [-0.4, -0.2) is 33.0 Å². The number of nitrogens with zero attached hydrogens (tertiary/aromatic N) is 1. The number of piperidine rings is 1. The van der Waals surface area contributed by atoms with Crippen LogP contribution in [0.15, 0.2) is 59.5 Å². The van der Waals surface area contributed by atoms with Crippen molar-refractivity contribution in [2.24, 2.45) is 0 Å². The van der Waals surface area contributed by atoms with Crippen LogP contribution in [0.2, 0.25) is 0 Å². The summed E-state index contributed by atoms with van der Waals surface area (Å²) < 4.78 is 27.5. The van der Waals surface area contributed by atoms with Gasteiger partial charge in [-0.1, -0.05) is 48.9 Å².